The number of thioether (sulfide) groups is 1. The molecule has 5 nitrogen and oxygen atoms in total. The van der Waals surface area contributed by atoms with Crippen LogP contribution < -0.4 is 0 Å². The number of ketones is 1. The van der Waals surface area contributed by atoms with E-state index < -0.39 is 0 Å². The topological polar surface area (TPSA) is 71.8 Å². The number of benzene rings is 2. The van der Waals surface area contributed by atoms with Crippen LogP contribution in [-0.4, -0.2) is 26.2 Å². The molecule has 27 heavy (non-hydrogen) atoms. The number of carbonyl (C=O) groups is 1. The Kier molecular flexibility index (Phi) is 4.81. The van der Waals surface area contributed by atoms with Crippen LogP contribution in [0.4, 0.5) is 0 Å². The lowest BCUT2D eigenvalue weighted by Crippen LogP contribution is -2.14. The van der Waals surface area contributed by atoms with Crippen LogP contribution in [0.3, 0.4) is 0 Å². The molecule has 2 heterocycles. The highest BCUT2D eigenvalue weighted by atomic mass is 32.2. The zero-order valence-electron chi connectivity index (χ0n) is 15.1. The van der Waals surface area contributed by atoms with Crippen molar-refractivity contribution in [3.63, 3.8) is 0 Å². The lowest BCUT2D eigenvalue weighted by molar-refractivity contribution is 0.0994. The molecule has 4 rings (SSSR count). The summed E-state index contributed by atoms with van der Waals surface area (Å²) in [4.78, 5) is 16.3. The Morgan fingerprint density at radius 3 is 2.67 bits per heavy atom. The number of hydrogen-bond donors (Lipinski definition) is 1. The number of hydrogen-bond acceptors (Lipinski definition) is 5. The second kappa shape index (κ2) is 7.40. The number of nitrogens with zero attached hydrogens (tertiary/aromatic N) is 2. The lowest BCUT2D eigenvalue weighted by atomic mass is 10.1. The predicted octanol–water partition coefficient (Wildman–Crippen LogP) is 4.81. The Balaban J connectivity index is 1.50. The van der Waals surface area contributed by atoms with E-state index in [-0.39, 0.29) is 11.0 Å². The van der Waals surface area contributed by atoms with Crippen molar-refractivity contribution in [3.05, 3.63) is 77.3 Å². The summed E-state index contributed by atoms with van der Waals surface area (Å²) >= 11 is 1.29. The van der Waals surface area contributed by atoms with Gasteiger partial charge in [0.05, 0.1) is 11.7 Å². The van der Waals surface area contributed by atoms with Crippen molar-refractivity contribution >= 4 is 28.4 Å². The molecule has 0 aliphatic heterocycles. The van der Waals surface area contributed by atoms with E-state index in [1.165, 1.54) is 11.8 Å². The molecule has 2 aromatic carbocycles. The standard InChI is InChI=1S/C21H19N3O2S/c1-13-19(16-10-6-7-11-17(16)22-13)20(25)14(2)27-21-24-23-18(26-21)12-15-8-4-3-5-9-15/h3-11,14,22H,12H2,1-2H3. The molecule has 0 aliphatic carbocycles. The largest absolute Gasteiger partial charge is 0.416 e. The van der Waals surface area contributed by atoms with Crippen molar-refractivity contribution in [3.8, 4) is 0 Å². The first-order valence-corrected chi connectivity index (χ1v) is 9.64. The van der Waals surface area contributed by atoms with Crippen molar-refractivity contribution in [1.29, 1.82) is 0 Å². The zero-order chi connectivity index (χ0) is 18.8. The molecule has 0 aliphatic rings. The highest BCUT2D eigenvalue weighted by Gasteiger charge is 2.24. The second-order valence-corrected chi connectivity index (χ2v) is 7.71. The van der Waals surface area contributed by atoms with Crippen LogP contribution >= 0.6 is 11.8 Å². The van der Waals surface area contributed by atoms with Gasteiger partial charge in [-0.15, -0.1) is 10.2 Å². The van der Waals surface area contributed by atoms with Gasteiger partial charge in [-0.2, -0.15) is 0 Å². The Labute approximate surface area is 161 Å². The molecule has 1 N–H and O–H groups in total. The van der Waals surface area contributed by atoms with Gasteiger partial charge in [-0.1, -0.05) is 60.3 Å². The molecule has 4 aromatic rings. The van der Waals surface area contributed by atoms with Crippen LogP contribution in [0.5, 0.6) is 0 Å². The molecular weight excluding hydrogens is 358 g/mol. The van der Waals surface area contributed by atoms with E-state index in [2.05, 4.69) is 15.2 Å². The molecule has 0 radical (unpaired) electrons. The van der Waals surface area contributed by atoms with E-state index >= 15 is 0 Å². The fourth-order valence-electron chi connectivity index (χ4n) is 3.13. The van der Waals surface area contributed by atoms with Crippen LogP contribution in [0.2, 0.25) is 0 Å². The summed E-state index contributed by atoms with van der Waals surface area (Å²) < 4.78 is 5.72. The van der Waals surface area contributed by atoms with Crippen molar-refractivity contribution in [2.75, 3.05) is 0 Å². The highest BCUT2D eigenvalue weighted by molar-refractivity contribution is 8.00. The van der Waals surface area contributed by atoms with Gasteiger partial charge in [-0.25, -0.2) is 0 Å². The molecule has 2 aromatic heterocycles. The first kappa shape index (κ1) is 17.5. The zero-order valence-corrected chi connectivity index (χ0v) is 15.9. The predicted molar refractivity (Wildman–Crippen MR) is 106 cm³/mol. The van der Waals surface area contributed by atoms with Crippen molar-refractivity contribution in [2.24, 2.45) is 0 Å². The fourth-order valence-corrected chi connectivity index (χ4v) is 3.89. The molecular formula is C21H19N3O2S. The number of aromatic nitrogens is 3. The van der Waals surface area contributed by atoms with Gasteiger partial charge in [-0.3, -0.25) is 4.79 Å². The minimum absolute atomic E-state index is 0.0535. The molecule has 0 saturated heterocycles. The van der Waals surface area contributed by atoms with Gasteiger partial charge in [0, 0.05) is 22.2 Å². The lowest BCUT2D eigenvalue weighted by Gasteiger charge is -2.07. The van der Waals surface area contributed by atoms with Gasteiger partial charge in [0.1, 0.15) is 0 Å². The molecule has 6 heteroatoms. The first-order chi connectivity index (χ1) is 13.1. The normalized spacial score (nSPS) is 12.4. The summed E-state index contributed by atoms with van der Waals surface area (Å²) in [6, 6.07) is 17.8. The van der Waals surface area contributed by atoms with E-state index in [1.807, 2.05) is 68.4 Å². The quantitative estimate of drug-likeness (QED) is 0.385. The number of nitrogens with one attached hydrogen (secondary N) is 1. The Hall–Kier alpha value is -2.86. The Morgan fingerprint density at radius 2 is 1.85 bits per heavy atom. The van der Waals surface area contributed by atoms with Crippen LogP contribution in [0.15, 0.2) is 64.2 Å². The summed E-state index contributed by atoms with van der Waals surface area (Å²) in [6.45, 7) is 3.80. The minimum Gasteiger partial charge on any atom is -0.416 e. The van der Waals surface area contributed by atoms with Gasteiger partial charge in [-0.05, 0) is 25.5 Å². The summed E-state index contributed by atoms with van der Waals surface area (Å²) in [6.07, 6.45) is 0.582. The maximum Gasteiger partial charge on any atom is 0.277 e. The van der Waals surface area contributed by atoms with Gasteiger partial charge in [0.15, 0.2) is 5.78 Å². The maximum absolute atomic E-state index is 13.0. The summed E-state index contributed by atoms with van der Waals surface area (Å²) in [5.41, 5.74) is 3.69. The molecule has 0 fully saturated rings. The smallest absolute Gasteiger partial charge is 0.277 e. The van der Waals surface area contributed by atoms with Gasteiger partial charge in [0.2, 0.25) is 5.89 Å². The Morgan fingerprint density at radius 1 is 1.11 bits per heavy atom. The number of para-hydroxylation sites is 1. The number of Topliss-reactive ketones (excluding diaryl/α,β-unsaturated/α-hetero) is 1. The average molecular weight is 377 g/mol. The monoisotopic (exact) mass is 377 g/mol. The maximum atomic E-state index is 13.0. The molecule has 0 spiro atoms. The summed E-state index contributed by atoms with van der Waals surface area (Å²) in [5, 5.41) is 9.22. The van der Waals surface area contributed by atoms with Gasteiger partial charge >= 0.3 is 0 Å². The molecule has 0 saturated carbocycles. The SMILES string of the molecule is Cc1[nH]c2ccccc2c1C(=O)C(C)Sc1nnc(Cc2ccccc2)o1. The van der Waals surface area contributed by atoms with Gasteiger partial charge < -0.3 is 9.40 Å². The van der Waals surface area contributed by atoms with Crippen LogP contribution in [0.1, 0.15) is 34.4 Å². The third-order valence-electron chi connectivity index (χ3n) is 4.43. The third kappa shape index (κ3) is 3.66. The number of fused-ring (bicyclic) bond motifs is 1. The van der Waals surface area contributed by atoms with Crippen molar-refractivity contribution < 1.29 is 9.21 Å². The second-order valence-electron chi connectivity index (χ2n) is 6.42. The van der Waals surface area contributed by atoms with Crippen molar-refractivity contribution in [1.82, 2.24) is 15.2 Å². The molecule has 136 valence electrons. The number of rotatable bonds is 6. The number of aryl methyl sites for hydroxylation is 1. The third-order valence-corrected chi connectivity index (χ3v) is 5.37. The summed E-state index contributed by atoms with van der Waals surface area (Å²) in [5.74, 6) is 0.601. The summed E-state index contributed by atoms with van der Waals surface area (Å²) in [7, 11) is 0. The van der Waals surface area contributed by atoms with E-state index in [4.69, 9.17) is 4.42 Å². The molecule has 0 bridgehead atoms. The number of carbonyl (C=O) groups excluding carboxylic acids is 1. The highest BCUT2D eigenvalue weighted by Crippen LogP contribution is 2.29. The van der Waals surface area contributed by atoms with Gasteiger partial charge in [0.25, 0.3) is 5.22 Å². The van der Waals surface area contributed by atoms with E-state index in [9.17, 15) is 4.79 Å². The van der Waals surface area contributed by atoms with E-state index in [0.717, 1.165) is 27.7 Å². The van der Waals surface area contributed by atoms with Crippen LogP contribution in [-0.2, 0) is 6.42 Å². The number of aromatic amines is 1. The molecule has 0 amide bonds. The first-order valence-electron chi connectivity index (χ1n) is 8.76. The fraction of sp³-hybridized carbons (Fsp3) is 0.190. The van der Waals surface area contributed by atoms with Crippen molar-refractivity contribution in [2.45, 2.75) is 30.7 Å². The Bertz CT molecular complexity index is 1090. The average Bonchev–Trinajstić information content (AvgIpc) is 3.24. The molecule has 1 atom stereocenters. The molecule has 1 unspecified atom stereocenters. The minimum atomic E-state index is -0.326. The van der Waals surface area contributed by atoms with Crippen LogP contribution in [0, 0.1) is 6.92 Å². The van der Waals surface area contributed by atoms with E-state index in [0.29, 0.717) is 17.5 Å². The van der Waals surface area contributed by atoms with Crippen LogP contribution in [0.25, 0.3) is 10.9 Å². The number of H-pyrrole nitrogens is 1. The van der Waals surface area contributed by atoms with E-state index in [1.54, 1.807) is 0 Å².